The molecule has 0 bridgehead atoms. The fraction of sp³-hybridized carbons (Fsp3) is 0.231. The largest absolute Gasteiger partial charge is 0.489 e. The second kappa shape index (κ2) is 10.5. The molecule has 0 aliphatic rings. The molecule has 0 amide bonds. The molecule has 7 nitrogen and oxygen atoms in total. The van der Waals surface area contributed by atoms with E-state index in [0.29, 0.717) is 17.5 Å². The van der Waals surface area contributed by atoms with Gasteiger partial charge in [0.2, 0.25) is 6.54 Å². The minimum absolute atomic E-state index is 0.228. The van der Waals surface area contributed by atoms with Crippen molar-refractivity contribution in [2.24, 2.45) is 0 Å². The Hall–Kier alpha value is -3.65. The summed E-state index contributed by atoms with van der Waals surface area (Å²) >= 11 is 1.34. The minimum atomic E-state index is -0.423. The summed E-state index contributed by atoms with van der Waals surface area (Å²) in [6, 6.07) is 23.7. The Morgan fingerprint density at radius 3 is 2.38 bits per heavy atom. The van der Waals surface area contributed by atoms with Crippen molar-refractivity contribution < 1.29 is 9.66 Å². The summed E-state index contributed by atoms with van der Waals surface area (Å²) in [7, 11) is 0. The van der Waals surface area contributed by atoms with Gasteiger partial charge in [-0.15, -0.1) is 10.2 Å². The van der Waals surface area contributed by atoms with Crippen molar-refractivity contribution in [3.63, 3.8) is 0 Å². The van der Waals surface area contributed by atoms with Crippen LogP contribution in [0, 0.1) is 30.9 Å². The molecule has 0 aliphatic heterocycles. The molecule has 8 heteroatoms. The number of hydrogen-bond acceptors (Lipinski definition) is 6. The first-order chi connectivity index (χ1) is 16.4. The van der Waals surface area contributed by atoms with E-state index in [0.717, 1.165) is 28.2 Å². The fourth-order valence-electron chi connectivity index (χ4n) is 3.59. The zero-order valence-electron chi connectivity index (χ0n) is 19.3. The molecule has 0 aliphatic carbocycles. The van der Waals surface area contributed by atoms with Crippen molar-refractivity contribution in [2.45, 2.75) is 37.8 Å². The summed E-state index contributed by atoms with van der Waals surface area (Å²) in [6.45, 7) is 6.18. The van der Waals surface area contributed by atoms with Crippen LogP contribution in [0.2, 0.25) is 0 Å². The number of hydrogen-bond donors (Lipinski definition) is 0. The first kappa shape index (κ1) is 23.5. The van der Waals surface area contributed by atoms with Gasteiger partial charge >= 0.3 is 0 Å². The van der Waals surface area contributed by atoms with Crippen molar-refractivity contribution >= 4 is 11.8 Å². The molecule has 3 aromatic carbocycles. The van der Waals surface area contributed by atoms with Gasteiger partial charge in [0.25, 0.3) is 0 Å². The third-order valence-electron chi connectivity index (χ3n) is 5.40. The molecular formula is C26H26N4O3S. The maximum Gasteiger partial charge on any atom is 0.220 e. The van der Waals surface area contributed by atoms with Gasteiger partial charge in [-0.05, 0) is 61.7 Å². The molecule has 0 fully saturated rings. The zero-order valence-corrected chi connectivity index (χ0v) is 20.2. The van der Waals surface area contributed by atoms with Crippen LogP contribution < -0.4 is 4.74 Å². The van der Waals surface area contributed by atoms with Gasteiger partial charge in [-0.3, -0.25) is 14.7 Å². The number of nitrogens with zero attached hydrogens (tertiary/aromatic N) is 4. The lowest BCUT2D eigenvalue weighted by Crippen LogP contribution is -2.11. The van der Waals surface area contributed by atoms with Gasteiger partial charge in [-0.2, -0.15) is 0 Å². The molecule has 0 spiro atoms. The van der Waals surface area contributed by atoms with Gasteiger partial charge in [-0.1, -0.05) is 65.9 Å². The average molecular weight is 475 g/mol. The van der Waals surface area contributed by atoms with Crippen molar-refractivity contribution in [3.8, 4) is 11.4 Å². The van der Waals surface area contributed by atoms with Crippen molar-refractivity contribution in [1.82, 2.24) is 14.8 Å². The highest BCUT2D eigenvalue weighted by molar-refractivity contribution is 7.99. The fourth-order valence-corrected chi connectivity index (χ4v) is 4.76. The Bertz CT molecular complexity index is 1270. The van der Waals surface area contributed by atoms with E-state index in [9.17, 15) is 10.1 Å². The number of rotatable bonds is 9. The molecule has 4 aromatic rings. The molecule has 0 saturated heterocycles. The maximum atomic E-state index is 11.5. The van der Waals surface area contributed by atoms with Crippen LogP contribution in [0.4, 0.5) is 0 Å². The normalized spacial score (nSPS) is 11.9. The molecule has 34 heavy (non-hydrogen) atoms. The third-order valence-corrected chi connectivity index (χ3v) is 6.58. The van der Waals surface area contributed by atoms with E-state index in [-0.39, 0.29) is 11.5 Å². The van der Waals surface area contributed by atoms with E-state index in [1.165, 1.54) is 17.3 Å². The number of nitro groups is 1. The van der Waals surface area contributed by atoms with E-state index in [4.69, 9.17) is 4.74 Å². The van der Waals surface area contributed by atoms with Gasteiger partial charge in [0, 0.05) is 10.6 Å². The standard InChI is InChI=1S/C26H26N4O3S/c1-18-7-9-21(10-8-18)17-33-24-13-11-22(12-14-24)25(16-29(31)32)34-26-28-27-20(3)30(26)23-6-4-5-19(2)15-23/h4-15,25H,16-17H2,1-3H3/t25-/m0/s1. The molecule has 4 rings (SSSR count). The Morgan fingerprint density at radius 1 is 0.971 bits per heavy atom. The van der Waals surface area contributed by atoms with Crippen molar-refractivity contribution in [2.75, 3.05) is 6.54 Å². The van der Waals surface area contributed by atoms with E-state index in [1.54, 1.807) is 0 Å². The van der Waals surface area contributed by atoms with Crippen LogP contribution in [0.1, 0.15) is 33.3 Å². The van der Waals surface area contributed by atoms with Gasteiger partial charge in [-0.25, -0.2) is 0 Å². The molecule has 0 saturated carbocycles. The molecule has 1 heterocycles. The highest BCUT2D eigenvalue weighted by atomic mass is 32.2. The molecule has 174 valence electrons. The van der Waals surface area contributed by atoms with Crippen LogP contribution in [0.15, 0.2) is 78.0 Å². The Morgan fingerprint density at radius 2 is 1.71 bits per heavy atom. The Balaban J connectivity index is 1.53. The highest BCUT2D eigenvalue weighted by Gasteiger charge is 2.24. The highest BCUT2D eigenvalue weighted by Crippen LogP contribution is 2.36. The average Bonchev–Trinajstić information content (AvgIpc) is 3.18. The van der Waals surface area contributed by atoms with Crippen molar-refractivity contribution in [1.29, 1.82) is 0 Å². The number of benzene rings is 3. The third kappa shape index (κ3) is 5.82. The molecule has 0 N–H and O–H groups in total. The SMILES string of the molecule is Cc1ccc(COc2ccc([C@H](C[N+](=O)[O-])Sc3nnc(C)n3-c3cccc(C)c3)cc2)cc1. The summed E-state index contributed by atoms with van der Waals surface area (Å²) in [6.07, 6.45) is 0. The first-order valence-electron chi connectivity index (χ1n) is 10.9. The molecule has 0 radical (unpaired) electrons. The number of thioether (sulfide) groups is 1. The van der Waals surface area contributed by atoms with Crippen LogP contribution in [-0.2, 0) is 6.61 Å². The smallest absolute Gasteiger partial charge is 0.220 e. The summed E-state index contributed by atoms with van der Waals surface area (Å²) < 4.78 is 7.82. The molecule has 0 unspecified atom stereocenters. The Kier molecular flexibility index (Phi) is 7.27. The molecule has 1 aromatic heterocycles. The van der Waals surface area contributed by atoms with Gasteiger partial charge in [0.15, 0.2) is 5.16 Å². The lowest BCUT2D eigenvalue weighted by atomic mass is 10.1. The van der Waals surface area contributed by atoms with E-state index in [1.807, 2.05) is 86.0 Å². The van der Waals surface area contributed by atoms with Crippen LogP contribution >= 0.6 is 11.8 Å². The Labute approximate surface area is 203 Å². The van der Waals surface area contributed by atoms with Gasteiger partial charge in [0.1, 0.15) is 23.4 Å². The summed E-state index contributed by atoms with van der Waals surface area (Å²) in [4.78, 5) is 11.2. The number of ether oxygens (including phenoxy) is 1. The number of aromatic nitrogens is 3. The molecule has 1 atom stereocenters. The van der Waals surface area contributed by atoms with Crippen LogP contribution in [0.25, 0.3) is 5.69 Å². The van der Waals surface area contributed by atoms with E-state index in [2.05, 4.69) is 22.3 Å². The minimum Gasteiger partial charge on any atom is -0.489 e. The van der Waals surface area contributed by atoms with Crippen molar-refractivity contribution in [3.05, 3.63) is 111 Å². The quantitative estimate of drug-likeness (QED) is 0.171. The van der Waals surface area contributed by atoms with E-state index < -0.39 is 5.25 Å². The summed E-state index contributed by atoms with van der Waals surface area (Å²) in [5, 5.41) is 20.2. The first-order valence-corrected chi connectivity index (χ1v) is 11.8. The zero-order chi connectivity index (χ0) is 24.1. The second-order valence-corrected chi connectivity index (χ2v) is 9.34. The summed E-state index contributed by atoms with van der Waals surface area (Å²) in [5.74, 6) is 1.45. The monoisotopic (exact) mass is 474 g/mol. The predicted molar refractivity (Wildman–Crippen MR) is 133 cm³/mol. The topological polar surface area (TPSA) is 83.1 Å². The van der Waals surface area contributed by atoms with Gasteiger partial charge < -0.3 is 4.74 Å². The maximum absolute atomic E-state index is 11.5. The second-order valence-electron chi connectivity index (χ2n) is 8.17. The number of aryl methyl sites for hydroxylation is 3. The van der Waals surface area contributed by atoms with Crippen LogP contribution in [0.5, 0.6) is 5.75 Å². The molecular weight excluding hydrogens is 448 g/mol. The van der Waals surface area contributed by atoms with Crippen LogP contribution in [0.3, 0.4) is 0 Å². The lowest BCUT2D eigenvalue weighted by molar-refractivity contribution is -0.479. The van der Waals surface area contributed by atoms with Crippen LogP contribution in [-0.4, -0.2) is 26.2 Å². The summed E-state index contributed by atoms with van der Waals surface area (Å²) in [5.41, 5.74) is 5.17. The predicted octanol–water partition coefficient (Wildman–Crippen LogP) is 5.88. The van der Waals surface area contributed by atoms with Gasteiger partial charge in [0.05, 0.1) is 0 Å². The lowest BCUT2D eigenvalue weighted by Gasteiger charge is -2.15. The van der Waals surface area contributed by atoms with E-state index >= 15 is 0 Å².